The smallest absolute Gasteiger partial charge is 0.374 e. The van der Waals surface area contributed by atoms with Crippen molar-refractivity contribution >= 4 is 27.5 Å². The fourth-order valence-corrected chi connectivity index (χ4v) is 5.16. The molecule has 158 valence electrons. The highest BCUT2D eigenvalue weighted by Gasteiger charge is 2.49. The maximum Gasteiger partial charge on any atom is 0.534 e. The predicted molar refractivity (Wildman–Crippen MR) is 107 cm³/mol. The van der Waals surface area contributed by atoms with Crippen molar-refractivity contribution in [2.24, 2.45) is 0 Å². The molecule has 0 radical (unpaired) electrons. The molecule has 0 saturated carbocycles. The summed E-state index contributed by atoms with van der Waals surface area (Å²) in [5.41, 5.74) is -1.66. The van der Waals surface area contributed by atoms with Gasteiger partial charge < -0.3 is 4.18 Å². The molecule has 3 aromatic rings. The predicted octanol–water partition coefficient (Wildman–Crippen LogP) is 5.39. The lowest BCUT2D eigenvalue weighted by Crippen LogP contribution is -2.28. The minimum absolute atomic E-state index is 0.0826. The van der Waals surface area contributed by atoms with Gasteiger partial charge in [0.2, 0.25) is 0 Å². The Balaban J connectivity index is 1.76. The Hall–Kier alpha value is -2.84. The van der Waals surface area contributed by atoms with Gasteiger partial charge in [-0.1, -0.05) is 60.1 Å². The van der Waals surface area contributed by atoms with Crippen LogP contribution in [-0.4, -0.2) is 19.7 Å². The monoisotopic (exact) mass is 464 g/mol. The SMILES string of the molecule is O=C1c2cc(OS(=O)(=O)C(F)(F)F)c(Cl)cc2C2c3ccccc3C1c1ccccc12. The summed E-state index contributed by atoms with van der Waals surface area (Å²) in [7, 11) is -5.94. The van der Waals surface area contributed by atoms with E-state index in [0.29, 0.717) is 5.56 Å². The molecule has 0 spiro atoms. The van der Waals surface area contributed by atoms with Gasteiger partial charge in [0.05, 0.1) is 10.9 Å². The molecule has 0 unspecified atom stereocenters. The molecule has 0 saturated heterocycles. The third-order valence-corrected chi connectivity index (χ3v) is 6.92. The molecule has 9 heteroatoms. The van der Waals surface area contributed by atoms with Gasteiger partial charge in [0.25, 0.3) is 0 Å². The first-order chi connectivity index (χ1) is 14.6. The summed E-state index contributed by atoms with van der Waals surface area (Å²) < 4.78 is 65.7. The van der Waals surface area contributed by atoms with E-state index < -0.39 is 27.3 Å². The van der Waals surface area contributed by atoms with Gasteiger partial charge >= 0.3 is 15.6 Å². The Morgan fingerprint density at radius 3 is 1.77 bits per heavy atom. The molecule has 0 atom stereocenters. The highest BCUT2D eigenvalue weighted by Crippen LogP contribution is 2.52. The van der Waals surface area contributed by atoms with Crippen molar-refractivity contribution < 1.29 is 30.6 Å². The van der Waals surface area contributed by atoms with Crippen LogP contribution >= 0.6 is 11.6 Å². The van der Waals surface area contributed by atoms with Crippen LogP contribution in [0.4, 0.5) is 13.2 Å². The van der Waals surface area contributed by atoms with Crippen LogP contribution in [-0.2, 0) is 10.1 Å². The first-order valence-corrected chi connectivity index (χ1v) is 10.9. The second-order valence-electron chi connectivity index (χ2n) is 7.34. The molecule has 3 aliphatic rings. The van der Waals surface area contributed by atoms with Crippen LogP contribution in [0, 0.1) is 0 Å². The average Bonchev–Trinajstić information content (AvgIpc) is 2.87. The number of rotatable bonds is 2. The number of carbonyl (C=O) groups is 1. The minimum atomic E-state index is -5.94. The van der Waals surface area contributed by atoms with Gasteiger partial charge in [-0.2, -0.15) is 21.6 Å². The molecule has 4 nitrogen and oxygen atoms in total. The van der Waals surface area contributed by atoms with Crippen molar-refractivity contribution in [3.05, 3.63) is 99.1 Å². The largest absolute Gasteiger partial charge is 0.534 e. The minimum Gasteiger partial charge on any atom is -0.374 e. The Labute approximate surface area is 180 Å². The molecular weight excluding hydrogens is 453 g/mol. The second kappa shape index (κ2) is 6.58. The van der Waals surface area contributed by atoms with Crippen LogP contribution in [0.15, 0.2) is 60.7 Å². The third kappa shape index (κ3) is 2.89. The zero-order valence-electron chi connectivity index (χ0n) is 15.5. The molecule has 0 aromatic heterocycles. The summed E-state index contributed by atoms with van der Waals surface area (Å²) in [6, 6.07) is 17.1. The summed E-state index contributed by atoms with van der Waals surface area (Å²) in [6.45, 7) is 0. The molecule has 6 rings (SSSR count). The van der Waals surface area contributed by atoms with E-state index in [0.717, 1.165) is 28.3 Å². The van der Waals surface area contributed by atoms with Crippen LogP contribution < -0.4 is 4.18 Å². The zero-order chi connectivity index (χ0) is 22.1. The van der Waals surface area contributed by atoms with Crippen LogP contribution in [0.25, 0.3) is 0 Å². The van der Waals surface area contributed by atoms with Crippen molar-refractivity contribution in [1.29, 1.82) is 0 Å². The maximum absolute atomic E-state index is 13.6. The molecule has 0 heterocycles. The van der Waals surface area contributed by atoms with Crippen molar-refractivity contribution in [3.8, 4) is 5.75 Å². The number of halogens is 4. The number of ketones is 1. The zero-order valence-corrected chi connectivity index (χ0v) is 17.1. The number of hydrogen-bond acceptors (Lipinski definition) is 4. The molecule has 0 fully saturated rings. The van der Waals surface area contributed by atoms with E-state index in [9.17, 15) is 26.4 Å². The Morgan fingerprint density at radius 1 is 0.806 bits per heavy atom. The molecule has 0 N–H and O–H groups in total. The normalized spacial score (nSPS) is 19.3. The average molecular weight is 465 g/mol. The highest BCUT2D eigenvalue weighted by atomic mass is 35.5. The summed E-state index contributed by atoms with van der Waals surface area (Å²) >= 11 is 6.14. The van der Waals surface area contributed by atoms with Crippen LogP contribution in [0.5, 0.6) is 5.75 Å². The van der Waals surface area contributed by atoms with E-state index in [1.807, 2.05) is 48.5 Å². The summed E-state index contributed by atoms with van der Waals surface area (Å²) in [4.78, 5) is 13.6. The summed E-state index contributed by atoms with van der Waals surface area (Å²) in [5, 5.41) is -0.334. The molecule has 0 aliphatic heterocycles. The summed E-state index contributed by atoms with van der Waals surface area (Å²) in [5.74, 6) is -2.14. The van der Waals surface area contributed by atoms with E-state index in [1.165, 1.54) is 6.07 Å². The van der Waals surface area contributed by atoms with E-state index in [1.54, 1.807) is 0 Å². The third-order valence-electron chi connectivity index (χ3n) is 5.66. The number of benzene rings is 3. The summed E-state index contributed by atoms with van der Waals surface area (Å²) in [6.07, 6.45) is 0. The van der Waals surface area contributed by atoms with Crippen molar-refractivity contribution in [2.75, 3.05) is 0 Å². The number of Topliss-reactive ketones (excluding diaryl/α,β-unsaturated/α-hetero) is 1. The number of alkyl halides is 3. The van der Waals surface area contributed by atoms with E-state index in [-0.39, 0.29) is 22.3 Å². The highest BCUT2D eigenvalue weighted by molar-refractivity contribution is 7.88. The Kier molecular flexibility index (Phi) is 4.26. The van der Waals surface area contributed by atoms with Crippen LogP contribution in [0.3, 0.4) is 0 Å². The van der Waals surface area contributed by atoms with Gasteiger partial charge in [-0.15, -0.1) is 0 Å². The fourth-order valence-electron chi connectivity index (χ4n) is 4.43. The second-order valence-corrected chi connectivity index (χ2v) is 9.29. The lowest BCUT2D eigenvalue weighted by atomic mass is 9.72. The van der Waals surface area contributed by atoms with Gasteiger partial charge in [0, 0.05) is 11.5 Å². The quantitative estimate of drug-likeness (QED) is 0.377. The topological polar surface area (TPSA) is 60.4 Å². The Morgan fingerprint density at radius 2 is 1.29 bits per heavy atom. The number of carbonyl (C=O) groups excluding carboxylic acids is 1. The van der Waals surface area contributed by atoms with Crippen molar-refractivity contribution in [3.63, 3.8) is 0 Å². The van der Waals surface area contributed by atoms with Gasteiger partial charge in [-0.3, -0.25) is 4.79 Å². The molecule has 0 amide bonds. The molecular formula is C22H12ClF3O4S. The molecule has 2 bridgehead atoms. The molecule has 3 aromatic carbocycles. The van der Waals surface area contributed by atoms with Crippen molar-refractivity contribution in [1.82, 2.24) is 0 Å². The van der Waals surface area contributed by atoms with E-state index in [2.05, 4.69) is 4.18 Å². The van der Waals surface area contributed by atoms with Gasteiger partial charge in [0.1, 0.15) is 0 Å². The first-order valence-electron chi connectivity index (χ1n) is 9.16. The lowest BCUT2D eigenvalue weighted by Gasteiger charge is -2.30. The first kappa shape index (κ1) is 20.1. The fraction of sp³-hybridized carbons (Fsp3) is 0.136. The number of hydrogen-bond donors (Lipinski definition) is 0. The van der Waals surface area contributed by atoms with Crippen molar-refractivity contribution in [2.45, 2.75) is 17.3 Å². The van der Waals surface area contributed by atoms with Gasteiger partial charge in [-0.05, 0) is 39.9 Å². The van der Waals surface area contributed by atoms with Gasteiger partial charge in [-0.25, -0.2) is 0 Å². The lowest BCUT2D eigenvalue weighted by molar-refractivity contribution is -0.0500. The van der Waals surface area contributed by atoms with Crippen LogP contribution in [0.1, 0.15) is 50.0 Å². The Bertz CT molecular complexity index is 1320. The van der Waals surface area contributed by atoms with E-state index >= 15 is 0 Å². The maximum atomic E-state index is 13.6. The van der Waals surface area contributed by atoms with E-state index in [4.69, 9.17) is 11.6 Å². The molecule has 3 aliphatic carbocycles. The standard InChI is InChI=1S/C22H12ClF3O4S/c23-17-9-15-16(10-18(17)30-31(28,29)22(24,25)26)21(27)20-13-7-3-1-5-11(13)19(15)12-6-2-4-8-14(12)20/h1-10,19-20H. The van der Waals surface area contributed by atoms with Gasteiger partial charge in [0.15, 0.2) is 11.5 Å². The molecule has 31 heavy (non-hydrogen) atoms. The van der Waals surface area contributed by atoms with Crippen LogP contribution in [0.2, 0.25) is 5.02 Å².